The molecule has 0 atom stereocenters. The minimum absolute atomic E-state index is 0.143. The maximum atomic E-state index is 11.4. The molecule has 5 heteroatoms. The van der Waals surface area contributed by atoms with Crippen LogP contribution in [0.1, 0.15) is 12.8 Å². The Morgan fingerprint density at radius 2 is 2.20 bits per heavy atom. The third-order valence-electron chi connectivity index (χ3n) is 2.72. The van der Waals surface area contributed by atoms with Crippen LogP contribution in [-0.2, 0) is 4.79 Å². The molecule has 0 amide bonds. The summed E-state index contributed by atoms with van der Waals surface area (Å²) in [6, 6.07) is 0. The Bertz CT molecular complexity index is 394. The molecule has 1 aromatic rings. The van der Waals surface area contributed by atoms with Gasteiger partial charge in [0.05, 0.1) is 0 Å². The van der Waals surface area contributed by atoms with E-state index < -0.39 is 0 Å². The summed E-state index contributed by atoms with van der Waals surface area (Å²) in [6.07, 6.45) is 5.70. The number of nitrogens with zero attached hydrogens (tertiary/aromatic N) is 2. The van der Waals surface area contributed by atoms with Crippen molar-refractivity contribution >= 4 is 12.1 Å². The first-order valence-corrected chi connectivity index (χ1v) is 5.05. The number of H-pyrrole nitrogens is 1. The zero-order chi connectivity index (χ0) is 10.7. The maximum absolute atomic E-state index is 11.4. The Balaban J connectivity index is 2.11. The molecule has 1 N–H and O–H groups in total. The fourth-order valence-electron chi connectivity index (χ4n) is 1.82. The number of nitrogens with one attached hydrogen (secondary N) is 1. The molecule has 1 aliphatic heterocycles. The number of anilines is 1. The largest absolute Gasteiger partial charge is 0.352 e. The zero-order valence-electron chi connectivity index (χ0n) is 8.35. The molecule has 0 saturated carbocycles. The number of piperidine rings is 1. The van der Waals surface area contributed by atoms with Gasteiger partial charge < -0.3 is 14.7 Å². The van der Waals surface area contributed by atoms with Crippen LogP contribution >= 0.6 is 0 Å². The summed E-state index contributed by atoms with van der Waals surface area (Å²) < 4.78 is 0. The molecular formula is C10H13N3O2. The van der Waals surface area contributed by atoms with Crippen molar-refractivity contribution in [3.63, 3.8) is 0 Å². The van der Waals surface area contributed by atoms with E-state index in [2.05, 4.69) is 9.97 Å². The van der Waals surface area contributed by atoms with Gasteiger partial charge in [-0.2, -0.15) is 0 Å². The van der Waals surface area contributed by atoms with Crippen molar-refractivity contribution < 1.29 is 4.79 Å². The Morgan fingerprint density at radius 1 is 1.47 bits per heavy atom. The fraction of sp³-hybridized carbons (Fsp3) is 0.500. The predicted octanol–water partition coefficient (Wildman–Crippen LogP) is 0.185. The average Bonchev–Trinajstić information content (AvgIpc) is 2.30. The standard InChI is InChI=1S/C10H13N3O2/c14-7-8-1-5-13(6-2-8)9-10(15)12-4-3-11-9/h3-4,7-8H,1-2,5-6H2,(H,12,15). The first-order valence-electron chi connectivity index (χ1n) is 5.05. The molecule has 0 spiro atoms. The molecule has 1 aliphatic rings. The van der Waals surface area contributed by atoms with Gasteiger partial charge in [-0.1, -0.05) is 0 Å². The summed E-state index contributed by atoms with van der Waals surface area (Å²) in [4.78, 5) is 30.6. The molecule has 80 valence electrons. The summed E-state index contributed by atoms with van der Waals surface area (Å²) in [5.74, 6) is 0.603. The van der Waals surface area contributed by atoms with Crippen LogP contribution in [0.25, 0.3) is 0 Å². The van der Waals surface area contributed by atoms with E-state index in [-0.39, 0.29) is 11.5 Å². The number of carbonyl (C=O) groups excluding carboxylic acids is 1. The van der Waals surface area contributed by atoms with Gasteiger partial charge in [0.2, 0.25) is 0 Å². The van der Waals surface area contributed by atoms with Crippen molar-refractivity contribution in [3.8, 4) is 0 Å². The first kappa shape index (κ1) is 9.89. The SMILES string of the molecule is O=CC1CCN(c2ncc[nH]c2=O)CC1. The third kappa shape index (κ3) is 2.06. The monoisotopic (exact) mass is 207 g/mol. The zero-order valence-corrected chi connectivity index (χ0v) is 8.35. The second-order valence-electron chi connectivity index (χ2n) is 3.70. The lowest BCUT2D eigenvalue weighted by molar-refractivity contribution is -0.111. The van der Waals surface area contributed by atoms with E-state index in [9.17, 15) is 9.59 Å². The first-order chi connectivity index (χ1) is 7.31. The van der Waals surface area contributed by atoms with Gasteiger partial charge in [0.15, 0.2) is 5.82 Å². The van der Waals surface area contributed by atoms with E-state index in [4.69, 9.17) is 0 Å². The molecule has 0 radical (unpaired) electrons. The fourth-order valence-corrected chi connectivity index (χ4v) is 1.82. The topological polar surface area (TPSA) is 66.1 Å². The van der Waals surface area contributed by atoms with Crippen LogP contribution in [0, 0.1) is 5.92 Å². The van der Waals surface area contributed by atoms with Crippen molar-refractivity contribution in [1.29, 1.82) is 0 Å². The molecule has 0 aliphatic carbocycles. The Labute approximate surface area is 87.1 Å². The van der Waals surface area contributed by atoms with Gasteiger partial charge >= 0.3 is 0 Å². The van der Waals surface area contributed by atoms with Crippen molar-refractivity contribution in [2.75, 3.05) is 18.0 Å². The molecule has 0 bridgehead atoms. The lowest BCUT2D eigenvalue weighted by atomic mass is 9.99. The summed E-state index contributed by atoms with van der Waals surface area (Å²) in [5, 5.41) is 0. The molecule has 2 rings (SSSR count). The number of rotatable bonds is 2. The summed E-state index contributed by atoms with van der Waals surface area (Å²) >= 11 is 0. The Kier molecular flexibility index (Phi) is 2.80. The molecule has 1 fully saturated rings. The molecule has 15 heavy (non-hydrogen) atoms. The molecule has 0 unspecified atom stereocenters. The number of aromatic nitrogens is 2. The second-order valence-corrected chi connectivity index (χ2v) is 3.70. The Hall–Kier alpha value is -1.65. The van der Waals surface area contributed by atoms with Crippen molar-refractivity contribution in [2.24, 2.45) is 5.92 Å². The number of aldehydes is 1. The number of aromatic amines is 1. The van der Waals surface area contributed by atoms with Gasteiger partial charge in [0, 0.05) is 31.4 Å². The minimum Gasteiger partial charge on any atom is -0.352 e. The minimum atomic E-state index is -0.165. The van der Waals surface area contributed by atoms with E-state index in [1.54, 1.807) is 6.20 Å². The quantitative estimate of drug-likeness (QED) is 0.703. The number of hydrogen-bond acceptors (Lipinski definition) is 4. The molecule has 0 aromatic carbocycles. The lowest BCUT2D eigenvalue weighted by Gasteiger charge is -2.29. The summed E-state index contributed by atoms with van der Waals surface area (Å²) in [7, 11) is 0. The summed E-state index contributed by atoms with van der Waals surface area (Å²) in [5.41, 5.74) is -0.165. The van der Waals surface area contributed by atoms with Gasteiger partial charge in [-0.05, 0) is 12.8 Å². The molecule has 2 heterocycles. The molecule has 5 nitrogen and oxygen atoms in total. The summed E-state index contributed by atoms with van der Waals surface area (Å²) in [6.45, 7) is 1.45. The van der Waals surface area contributed by atoms with Crippen molar-refractivity contribution in [2.45, 2.75) is 12.8 Å². The highest BCUT2D eigenvalue weighted by Crippen LogP contribution is 2.17. The van der Waals surface area contributed by atoms with Crippen LogP contribution in [0.3, 0.4) is 0 Å². The van der Waals surface area contributed by atoms with Crippen molar-refractivity contribution in [3.05, 3.63) is 22.7 Å². The molecule has 1 aromatic heterocycles. The van der Waals surface area contributed by atoms with E-state index in [0.29, 0.717) is 5.82 Å². The number of hydrogen-bond donors (Lipinski definition) is 1. The highest BCUT2D eigenvalue weighted by molar-refractivity contribution is 5.54. The van der Waals surface area contributed by atoms with Crippen LogP contribution in [0.15, 0.2) is 17.2 Å². The van der Waals surface area contributed by atoms with Crippen LogP contribution in [-0.4, -0.2) is 29.3 Å². The molecule has 1 saturated heterocycles. The van der Waals surface area contributed by atoms with Crippen LogP contribution in [0.4, 0.5) is 5.82 Å². The smallest absolute Gasteiger partial charge is 0.290 e. The van der Waals surface area contributed by atoms with Gasteiger partial charge in [0.1, 0.15) is 6.29 Å². The van der Waals surface area contributed by atoms with Crippen LogP contribution in [0.5, 0.6) is 0 Å². The predicted molar refractivity (Wildman–Crippen MR) is 55.9 cm³/mol. The lowest BCUT2D eigenvalue weighted by Crippen LogP contribution is -2.37. The van der Waals surface area contributed by atoms with Crippen LogP contribution < -0.4 is 10.5 Å². The number of carbonyl (C=O) groups is 1. The van der Waals surface area contributed by atoms with Gasteiger partial charge in [0.25, 0.3) is 5.56 Å². The van der Waals surface area contributed by atoms with Gasteiger partial charge in [-0.3, -0.25) is 4.79 Å². The maximum Gasteiger partial charge on any atom is 0.290 e. The van der Waals surface area contributed by atoms with Gasteiger partial charge in [-0.15, -0.1) is 0 Å². The highest BCUT2D eigenvalue weighted by Gasteiger charge is 2.20. The van der Waals surface area contributed by atoms with Crippen LogP contribution in [0.2, 0.25) is 0 Å². The van der Waals surface area contributed by atoms with Gasteiger partial charge in [-0.25, -0.2) is 4.98 Å². The van der Waals surface area contributed by atoms with Crippen molar-refractivity contribution in [1.82, 2.24) is 9.97 Å². The van der Waals surface area contributed by atoms with E-state index in [0.717, 1.165) is 32.2 Å². The van der Waals surface area contributed by atoms with E-state index in [1.807, 2.05) is 4.90 Å². The van der Waals surface area contributed by atoms with E-state index in [1.165, 1.54) is 6.20 Å². The Morgan fingerprint density at radius 3 is 2.80 bits per heavy atom. The highest BCUT2D eigenvalue weighted by atomic mass is 16.1. The van der Waals surface area contributed by atoms with E-state index >= 15 is 0 Å². The normalized spacial score (nSPS) is 17.7. The molecular weight excluding hydrogens is 194 g/mol. The average molecular weight is 207 g/mol. The second kappa shape index (κ2) is 4.25. The third-order valence-corrected chi connectivity index (χ3v) is 2.72.